The van der Waals surface area contributed by atoms with Crippen LogP contribution >= 0.6 is 23.2 Å². The Morgan fingerprint density at radius 3 is 2.78 bits per heavy atom. The Labute approximate surface area is 168 Å². The highest BCUT2D eigenvalue weighted by Crippen LogP contribution is 2.28. The number of aryl methyl sites for hydroxylation is 2. The molecule has 27 heavy (non-hydrogen) atoms. The number of aromatic nitrogens is 6. The van der Waals surface area contributed by atoms with Crippen molar-refractivity contribution in [2.75, 3.05) is 6.54 Å². The lowest BCUT2D eigenvalue weighted by Gasteiger charge is -2.19. The van der Waals surface area contributed by atoms with Crippen molar-refractivity contribution in [3.8, 4) is 0 Å². The van der Waals surface area contributed by atoms with E-state index >= 15 is 0 Å². The van der Waals surface area contributed by atoms with Gasteiger partial charge in [-0.3, -0.25) is 0 Å². The van der Waals surface area contributed by atoms with E-state index in [1.54, 1.807) is 12.3 Å². The summed E-state index contributed by atoms with van der Waals surface area (Å²) in [5, 5.41) is 16.9. The van der Waals surface area contributed by atoms with Crippen molar-refractivity contribution in [3.05, 3.63) is 58.4 Å². The van der Waals surface area contributed by atoms with Gasteiger partial charge in [-0.15, -0.1) is 5.10 Å². The monoisotopic (exact) mass is 407 g/mol. The molecule has 0 radical (unpaired) electrons. The quantitative estimate of drug-likeness (QED) is 0.518. The first-order chi connectivity index (χ1) is 13.2. The summed E-state index contributed by atoms with van der Waals surface area (Å²) in [5.41, 5.74) is 0.986. The number of tetrazole rings is 1. The van der Waals surface area contributed by atoms with Crippen LogP contribution in [0.5, 0.6) is 0 Å². The van der Waals surface area contributed by atoms with E-state index in [0.717, 1.165) is 50.3 Å². The molecule has 2 aromatic heterocycles. The molecule has 144 valence electrons. The number of unbranched alkanes of at least 4 members (excludes halogenated alkanes) is 1. The van der Waals surface area contributed by atoms with Crippen molar-refractivity contribution < 1.29 is 0 Å². The number of hydrogen-bond acceptors (Lipinski definition) is 5. The second-order valence-electron chi connectivity index (χ2n) is 6.33. The summed E-state index contributed by atoms with van der Waals surface area (Å²) in [4.78, 5) is 4.07. The minimum Gasteiger partial charge on any atom is -0.337 e. The normalized spacial score (nSPS) is 12.4. The van der Waals surface area contributed by atoms with Crippen LogP contribution in [0.1, 0.15) is 43.6 Å². The smallest absolute Gasteiger partial charge is 0.172 e. The van der Waals surface area contributed by atoms with Gasteiger partial charge < -0.3 is 9.88 Å². The van der Waals surface area contributed by atoms with E-state index in [0.29, 0.717) is 10.0 Å². The minimum absolute atomic E-state index is 0.158. The second kappa shape index (κ2) is 9.82. The first-order valence-electron chi connectivity index (χ1n) is 9.09. The zero-order valence-electron chi connectivity index (χ0n) is 15.2. The summed E-state index contributed by atoms with van der Waals surface area (Å²) in [6, 6.07) is 5.48. The summed E-state index contributed by atoms with van der Waals surface area (Å²) in [5.74, 6) is 0.782. The molecule has 1 atom stereocenters. The summed E-state index contributed by atoms with van der Waals surface area (Å²) in [6.45, 7) is 4.62. The van der Waals surface area contributed by atoms with E-state index in [1.807, 2.05) is 29.3 Å². The lowest BCUT2D eigenvalue weighted by Crippen LogP contribution is -2.27. The SMILES string of the molecule is CCCCn1nnnc1C(NCCCn1ccnc1)c1ccc(Cl)c(Cl)c1. The second-order valence-corrected chi connectivity index (χ2v) is 7.14. The molecule has 0 aliphatic carbocycles. The van der Waals surface area contributed by atoms with Crippen molar-refractivity contribution in [3.63, 3.8) is 0 Å². The number of halogens is 2. The van der Waals surface area contributed by atoms with Crippen molar-refractivity contribution in [1.82, 2.24) is 35.1 Å². The third kappa shape index (κ3) is 5.28. The molecule has 1 aromatic carbocycles. The predicted octanol–water partition coefficient (Wildman–Crippen LogP) is 3.75. The highest BCUT2D eigenvalue weighted by Gasteiger charge is 2.21. The van der Waals surface area contributed by atoms with Gasteiger partial charge >= 0.3 is 0 Å². The number of benzene rings is 1. The molecule has 0 saturated carbocycles. The maximum atomic E-state index is 6.24. The first kappa shape index (κ1) is 19.8. The van der Waals surface area contributed by atoms with Gasteiger partial charge in [0, 0.05) is 25.5 Å². The van der Waals surface area contributed by atoms with Crippen LogP contribution < -0.4 is 5.32 Å². The van der Waals surface area contributed by atoms with Gasteiger partial charge in [-0.25, -0.2) is 9.67 Å². The van der Waals surface area contributed by atoms with E-state index in [1.165, 1.54) is 0 Å². The Morgan fingerprint density at radius 1 is 1.15 bits per heavy atom. The number of rotatable bonds is 10. The highest BCUT2D eigenvalue weighted by atomic mass is 35.5. The van der Waals surface area contributed by atoms with E-state index in [2.05, 4.69) is 37.3 Å². The third-order valence-corrected chi connectivity index (χ3v) is 5.06. The fourth-order valence-corrected chi connectivity index (χ4v) is 3.17. The van der Waals surface area contributed by atoms with Crippen molar-refractivity contribution in [2.24, 2.45) is 0 Å². The van der Waals surface area contributed by atoms with E-state index in [4.69, 9.17) is 23.2 Å². The van der Waals surface area contributed by atoms with E-state index < -0.39 is 0 Å². The molecule has 3 aromatic rings. The number of hydrogen-bond donors (Lipinski definition) is 1. The van der Waals surface area contributed by atoms with Gasteiger partial charge in [0.25, 0.3) is 0 Å². The van der Waals surface area contributed by atoms with Gasteiger partial charge in [0.1, 0.15) is 0 Å². The Morgan fingerprint density at radius 2 is 2.04 bits per heavy atom. The van der Waals surface area contributed by atoms with Crippen LogP contribution in [0, 0.1) is 0 Å². The predicted molar refractivity (Wildman–Crippen MR) is 106 cm³/mol. The van der Waals surface area contributed by atoms with E-state index in [9.17, 15) is 0 Å². The van der Waals surface area contributed by atoms with Crippen molar-refractivity contribution >= 4 is 23.2 Å². The fraction of sp³-hybridized carbons (Fsp3) is 0.444. The molecular weight excluding hydrogens is 385 g/mol. The molecule has 2 heterocycles. The molecule has 0 aliphatic heterocycles. The molecule has 3 rings (SSSR count). The van der Waals surface area contributed by atoms with Crippen LogP contribution in [0.3, 0.4) is 0 Å². The average Bonchev–Trinajstić information content (AvgIpc) is 3.34. The van der Waals surface area contributed by atoms with Crippen LogP contribution in [0.25, 0.3) is 0 Å². The molecule has 1 unspecified atom stereocenters. The van der Waals surface area contributed by atoms with Crippen molar-refractivity contribution in [2.45, 2.75) is 45.3 Å². The minimum atomic E-state index is -0.158. The number of imidazole rings is 1. The summed E-state index contributed by atoms with van der Waals surface area (Å²) >= 11 is 12.3. The zero-order chi connectivity index (χ0) is 19.1. The summed E-state index contributed by atoms with van der Waals surface area (Å²) in [6.07, 6.45) is 8.61. The number of nitrogens with one attached hydrogen (secondary N) is 1. The molecule has 0 amide bonds. The molecule has 0 spiro atoms. The number of nitrogens with zero attached hydrogens (tertiary/aromatic N) is 6. The van der Waals surface area contributed by atoms with Crippen LogP contribution in [0.4, 0.5) is 0 Å². The molecule has 1 N–H and O–H groups in total. The molecule has 9 heteroatoms. The third-order valence-electron chi connectivity index (χ3n) is 4.32. The van der Waals surface area contributed by atoms with Gasteiger partial charge in [0.2, 0.25) is 0 Å². The molecule has 0 bridgehead atoms. The van der Waals surface area contributed by atoms with Gasteiger partial charge in [-0.05, 0) is 47.5 Å². The maximum absolute atomic E-state index is 6.24. The van der Waals surface area contributed by atoms with Gasteiger partial charge in [-0.2, -0.15) is 0 Å². The van der Waals surface area contributed by atoms with E-state index in [-0.39, 0.29) is 6.04 Å². The molecular formula is C18H23Cl2N7. The maximum Gasteiger partial charge on any atom is 0.172 e. The van der Waals surface area contributed by atoms with Crippen LogP contribution in [0.15, 0.2) is 36.9 Å². The summed E-state index contributed by atoms with van der Waals surface area (Å²) < 4.78 is 3.92. The van der Waals surface area contributed by atoms with Crippen molar-refractivity contribution in [1.29, 1.82) is 0 Å². The Kier molecular flexibility index (Phi) is 7.20. The Bertz CT molecular complexity index is 832. The largest absolute Gasteiger partial charge is 0.337 e. The van der Waals surface area contributed by atoms with Crippen LogP contribution in [0.2, 0.25) is 10.0 Å². The Balaban J connectivity index is 1.76. The molecule has 0 fully saturated rings. The van der Waals surface area contributed by atoms with Gasteiger partial charge in [-0.1, -0.05) is 42.6 Å². The molecule has 0 aliphatic rings. The van der Waals surface area contributed by atoms with Gasteiger partial charge in [0.15, 0.2) is 5.82 Å². The zero-order valence-corrected chi connectivity index (χ0v) is 16.7. The first-order valence-corrected chi connectivity index (χ1v) is 9.84. The van der Waals surface area contributed by atoms with Crippen LogP contribution in [-0.2, 0) is 13.1 Å². The molecule has 7 nitrogen and oxygen atoms in total. The lowest BCUT2D eigenvalue weighted by atomic mass is 10.1. The topological polar surface area (TPSA) is 73.5 Å². The highest BCUT2D eigenvalue weighted by molar-refractivity contribution is 6.42. The summed E-state index contributed by atoms with van der Waals surface area (Å²) in [7, 11) is 0. The van der Waals surface area contributed by atoms with Gasteiger partial charge in [0.05, 0.1) is 22.4 Å². The average molecular weight is 408 g/mol. The lowest BCUT2D eigenvalue weighted by molar-refractivity contribution is 0.477. The standard InChI is InChI=1S/C18H23Cl2N7/c1-2-3-10-27-18(23-24-25-27)17(14-5-6-15(19)16(20)12-14)22-7-4-9-26-11-8-21-13-26/h5-6,8,11-13,17,22H,2-4,7,9-10H2,1H3. The Hall–Kier alpha value is -1.96. The fourth-order valence-electron chi connectivity index (χ4n) is 2.86. The molecule has 0 saturated heterocycles. The van der Waals surface area contributed by atoms with Crippen LogP contribution in [-0.4, -0.2) is 36.3 Å².